The van der Waals surface area contributed by atoms with Crippen LogP contribution in [0.2, 0.25) is 0 Å². The highest BCUT2D eigenvalue weighted by atomic mass is 16.7. The molecule has 0 atom stereocenters. The number of anilines is 3. The fraction of sp³-hybridized carbons (Fsp3) is 0.227. The monoisotopic (exact) mass is 683 g/mol. The second kappa shape index (κ2) is 18.3. The van der Waals surface area contributed by atoms with E-state index in [-0.39, 0.29) is 12.6 Å². The van der Waals surface area contributed by atoms with Crippen molar-refractivity contribution in [1.29, 1.82) is 0 Å². The lowest BCUT2D eigenvalue weighted by Gasteiger charge is -2.26. The van der Waals surface area contributed by atoms with E-state index in [2.05, 4.69) is 97.6 Å². The molecular weight excluding hydrogens is 638 g/mol. The molecule has 7 heteroatoms. The first-order valence-electron chi connectivity index (χ1n) is 17.3. The predicted octanol–water partition coefficient (Wildman–Crippen LogP) is 11.0. The Kier molecular flexibility index (Phi) is 13.0. The van der Waals surface area contributed by atoms with Crippen molar-refractivity contribution in [2.45, 2.75) is 46.5 Å². The quantitative estimate of drug-likeness (QED) is 0.0470. The SMILES string of the molecule is COc1ccc(/C(=C\c2ccc(N(c3ccc(C)cc3)c3ccc(C)cc3)cc2)c2ccc(OC(=O)OCCCCCCOC(C)=O)cc2)cc1. The van der Waals surface area contributed by atoms with Crippen molar-refractivity contribution in [3.8, 4) is 11.5 Å². The van der Waals surface area contributed by atoms with E-state index in [4.69, 9.17) is 18.9 Å². The van der Waals surface area contributed by atoms with Crippen molar-refractivity contribution < 1.29 is 28.5 Å². The van der Waals surface area contributed by atoms with Crippen molar-refractivity contribution >= 4 is 40.8 Å². The van der Waals surface area contributed by atoms with Crippen molar-refractivity contribution in [1.82, 2.24) is 0 Å². The fourth-order valence-corrected chi connectivity index (χ4v) is 5.58. The summed E-state index contributed by atoms with van der Waals surface area (Å²) < 4.78 is 21.0. The molecule has 5 aromatic carbocycles. The second-order valence-electron chi connectivity index (χ2n) is 12.4. The van der Waals surface area contributed by atoms with E-state index in [1.54, 1.807) is 19.2 Å². The van der Waals surface area contributed by atoms with Crippen LogP contribution in [0.1, 0.15) is 60.4 Å². The third-order valence-corrected chi connectivity index (χ3v) is 8.38. The van der Waals surface area contributed by atoms with Crippen LogP contribution in [-0.4, -0.2) is 32.4 Å². The van der Waals surface area contributed by atoms with Crippen LogP contribution in [-0.2, 0) is 14.3 Å². The van der Waals surface area contributed by atoms with Crippen LogP contribution in [0, 0.1) is 13.8 Å². The molecule has 0 unspecified atom stereocenters. The summed E-state index contributed by atoms with van der Waals surface area (Å²) in [6.45, 7) is 6.27. The molecule has 0 fully saturated rings. The molecule has 0 amide bonds. The number of rotatable bonds is 15. The number of nitrogens with zero attached hydrogens (tertiary/aromatic N) is 1. The summed E-state index contributed by atoms with van der Waals surface area (Å²) in [5.74, 6) is 0.905. The molecule has 0 N–H and O–H groups in total. The summed E-state index contributed by atoms with van der Waals surface area (Å²) in [6.07, 6.45) is 4.67. The number of aryl methyl sites for hydroxylation is 2. The van der Waals surface area contributed by atoms with Gasteiger partial charge in [-0.3, -0.25) is 4.79 Å². The molecule has 0 aliphatic rings. The van der Waals surface area contributed by atoms with Gasteiger partial charge >= 0.3 is 12.1 Å². The number of hydrogen-bond acceptors (Lipinski definition) is 7. The van der Waals surface area contributed by atoms with Gasteiger partial charge in [-0.25, -0.2) is 4.79 Å². The van der Waals surface area contributed by atoms with Crippen LogP contribution < -0.4 is 14.4 Å². The Morgan fingerprint density at radius 3 is 1.49 bits per heavy atom. The summed E-state index contributed by atoms with van der Waals surface area (Å²) in [6, 6.07) is 41.0. The number of carbonyl (C=O) groups is 2. The molecule has 7 nitrogen and oxygen atoms in total. The second-order valence-corrected chi connectivity index (χ2v) is 12.4. The van der Waals surface area contributed by atoms with E-state index >= 15 is 0 Å². The molecule has 0 aliphatic heterocycles. The molecule has 0 saturated carbocycles. The maximum absolute atomic E-state index is 12.3. The smallest absolute Gasteiger partial charge is 0.497 e. The molecule has 0 bridgehead atoms. The van der Waals surface area contributed by atoms with Gasteiger partial charge in [0.25, 0.3) is 0 Å². The van der Waals surface area contributed by atoms with Gasteiger partial charge in [-0.15, -0.1) is 0 Å². The van der Waals surface area contributed by atoms with Crippen molar-refractivity contribution in [3.05, 3.63) is 149 Å². The maximum atomic E-state index is 12.3. The van der Waals surface area contributed by atoms with Crippen LogP contribution in [0.3, 0.4) is 0 Å². The Labute approximate surface area is 301 Å². The first-order chi connectivity index (χ1) is 24.8. The molecule has 0 aliphatic carbocycles. The maximum Gasteiger partial charge on any atom is 0.513 e. The first-order valence-corrected chi connectivity index (χ1v) is 17.3. The molecule has 5 rings (SSSR count). The average Bonchev–Trinajstić information content (AvgIpc) is 3.14. The minimum absolute atomic E-state index is 0.265. The number of carbonyl (C=O) groups excluding carboxylic acids is 2. The highest BCUT2D eigenvalue weighted by Gasteiger charge is 2.14. The third-order valence-electron chi connectivity index (χ3n) is 8.38. The lowest BCUT2D eigenvalue weighted by atomic mass is 9.95. The minimum Gasteiger partial charge on any atom is -0.497 e. The normalized spacial score (nSPS) is 11.1. The summed E-state index contributed by atoms with van der Waals surface area (Å²) >= 11 is 0. The topological polar surface area (TPSA) is 74.3 Å². The summed E-state index contributed by atoms with van der Waals surface area (Å²) in [5, 5.41) is 0. The van der Waals surface area contributed by atoms with Gasteiger partial charge in [0.2, 0.25) is 0 Å². The van der Waals surface area contributed by atoms with E-state index in [9.17, 15) is 9.59 Å². The Bertz CT molecular complexity index is 1830. The molecule has 0 saturated heterocycles. The largest absolute Gasteiger partial charge is 0.513 e. The Morgan fingerprint density at radius 1 is 0.569 bits per heavy atom. The molecule has 51 heavy (non-hydrogen) atoms. The van der Waals surface area contributed by atoms with Crippen LogP contribution >= 0.6 is 0 Å². The lowest BCUT2D eigenvalue weighted by molar-refractivity contribution is -0.141. The molecule has 262 valence electrons. The molecule has 0 heterocycles. The van der Waals surface area contributed by atoms with Crippen LogP contribution in [0.15, 0.2) is 121 Å². The minimum atomic E-state index is -0.737. The fourth-order valence-electron chi connectivity index (χ4n) is 5.58. The number of benzene rings is 5. The zero-order chi connectivity index (χ0) is 36.0. The Balaban J connectivity index is 1.31. The Morgan fingerprint density at radius 2 is 1.02 bits per heavy atom. The number of methoxy groups -OCH3 is 1. The van der Waals surface area contributed by atoms with Crippen molar-refractivity contribution in [3.63, 3.8) is 0 Å². The third kappa shape index (κ3) is 10.8. The van der Waals surface area contributed by atoms with E-state index < -0.39 is 6.16 Å². The van der Waals surface area contributed by atoms with E-state index in [1.165, 1.54) is 18.1 Å². The van der Waals surface area contributed by atoms with E-state index in [1.807, 2.05) is 36.4 Å². The standard InChI is InChI=1S/C44H45NO6/c1-32-9-19-38(20-10-32)45(39-21-11-33(2)12-22-39)40-23-13-35(14-24-40)31-43(36-15-25-41(48-4)26-16-36)37-17-27-42(28-18-37)51-44(47)50-30-8-6-5-7-29-49-34(3)46/h9-28,31H,5-8,29-30H2,1-4H3/b43-31+. The number of ether oxygens (including phenoxy) is 4. The number of unbranched alkanes of at least 4 members (excludes halogenated alkanes) is 3. The van der Waals surface area contributed by atoms with Gasteiger partial charge in [-0.05, 0) is 129 Å². The summed E-state index contributed by atoms with van der Waals surface area (Å²) in [5.41, 5.74) is 9.67. The Hall–Kier alpha value is -5.82. The van der Waals surface area contributed by atoms with Gasteiger partial charge in [0.1, 0.15) is 11.5 Å². The molecule has 0 radical (unpaired) electrons. The lowest BCUT2D eigenvalue weighted by Crippen LogP contribution is -2.11. The van der Waals surface area contributed by atoms with Crippen molar-refractivity contribution in [2.75, 3.05) is 25.2 Å². The van der Waals surface area contributed by atoms with Crippen LogP contribution in [0.5, 0.6) is 11.5 Å². The zero-order valence-corrected chi connectivity index (χ0v) is 29.8. The van der Waals surface area contributed by atoms with E-state index in [0.29, 0.717) is 18.8 Å². The summed E-state index contributed by atoms with van der Waals surface area (Å²) in [4.78, 5) is 25.4. The number of esters is 1. The van der Waals surface area contributed by atoms with Crippen molar-refractivity contribution in [2.24, 2.45) is 0 Å². The van der Waals surface area contributed by atoms with Gasteiger partial charge in [-0.2, -0.15) is 0 Å². The van der Waals surface area contributed by atoms with Gasteiger partial charge in [0, 0.05) is 24.0 Å². The van der Waals surface area contributed by atoms with E-state index in [0.717, 1.165) is 64.3 Å². The predicted molar refractivity (Wildman–Crippen MR) is 204 cm³/mol. The zero-order valence-electron chi connectivity index (χ0n) is 29.8. The molecule has 5 aromatic rings. The molecule has 0 aromatic heterocycles. The average molecular weight is 684 g/mol. The molecule has 0 spiro atoms. The first kappa shape index (κ1) is 36.5. The highest BCUT2D eigenvalue weighted by Crippen LogP contribution is 2.36. The number of hydrogen-bond donors (Lipinski definition) is 0. The highest BCUT2D eigenvalue weighted by molar-refractivity contribution is 5.92. The van der Waals surface area contributed by atoms with Crippen LogP contribution in [0.25, 0.3) is 11.6 Å². The molecular formula is C44H45NO6. The van der Waals surface area contributed by atoms with Gasteiger partial charge < -0.3 is 23.8 Å². The van der Waals surface area contributed by atoms with Gasteiger partial charge in [0.05, 0.1) is 20.3 Å². The van der Waals surface area contributed by atoms with Gasteiger partial charge in [0.15, 0.2) is 0 Å². The van der Waals surface area contributed by atoms with Crippen LogP contribution in [0.4, 0.5) is 21.9 Å². The summed E-state index contributed by atoms with van der Waals surface area (Å²) in [7, 11) is 1.65. The van der Waals surface area contributed by atoms with Gasteiger partial charge in [-0.1, -0.05) is 71.8 Å².